The summed E-state index contributed by atoms with van der Waals surface area (Å²) in [6.45, 7) is 0.320. The fourth-order valence-electron chi connectivity index (χ4n) is 3.50. The number of hydrogen-bond donors (Lipinski definition) is 2. The standard InChI is InChI=1S/C21H24F3N3O2/c1-28-17-8-7-16(12-18(17)29-2)27-19(25)26-13-20(9-4-10-20)14-5-3-6-15(11-14)21(22,23)24/h3,5-8,11-12H,4,9-10,13H2,1-2H3,(H3,25,26,27). The molecule has 0 aromatic heterocycles. The number of aliphatic imine (C=N–C) groups is 1. The largest absolute Gasteiger partial charge is 0.493 e. The highest BCUT2D eigenvalue weighted by atomic mass is 19.4. The maximum Gasteiger partial charge on any atom is 0.416 e. The van der Waals surface area contributed by atoms with Crippen LogP contribution in [-0.4, -0.2) is 26.7 Å². The number of anilines is 1. The van der Waals surface area contributed by atoms with Crippen LogP contribution in [0.2, 0.25) is 0 Å². The van der Waals surface area contributed by atoms with Gasteiger partial charge in [0.05, 0.1) is 26.3 Å². The Morgan fingerprint density at radius 2 is 1.83 bits per heavy atom. The van der Waals surface area contributed by atoms with Crippen LogP contribution in [0.25, 0.3) is 0 Å². The van der Waals surface area contributed by atoms with Crippen molar-refractivity contribution in [3.63, 3.8) is 0 Å². The molecule has 2 aromatic carbocycles. The van der Waals surface area contributed by atoms with Crippen molar-refractivity contribution < 1.29 is 22.6 Å². The number of ether oxygens (including phenoxy) is 2. The molecule has 156 valence electrons. The molecule has 5 nitrogen and oxygen atoms in total. The molecule has 3 rings (SSSR count). The number of nitrogens with zero attached hydrogens (tertiary/aromatic N) is 1. The van der Waals surface area contributed by atoms with Gasteiger partial charge in [-0.15, -0.1) is 0 Å². The summed E-state index contributed by atoms with van der Waals surface area (Å²) in [5.41, 5.74) is 6.29. The lowest BCUT2D eigenvalue weighted by Crippen LogP contribution is -2.39. The van der Waals surface area contributed by atoms with Gasteiger partial charge >= 0.3 is 6.18 Å². The lowest BCUT2D eigenvalue weighted by atomic mass is 9.64. The van der Waals surface area contributed by atoms with E-state index in [0.717, 1.165) is 25.3 Å². The molecule has 1 fully saturated rings. The highest BCUT2D eigenvalue weighted by molar-refractivity contribution is 5.92. The molecule has 0 atom stereocenters. The minimum absolute atomic E-state index is 0.190. The summed E-state index contributed by atoms with van der Waals surface area (Å²) in [5, 5.41) is 2.99. The number of rotatable bonds is 6. The van der Waals surface area contributed by atoms with Crippen molar-refractivity contribution in [2.24, 2.45) is 10.7 Å². The van der Waals surface area contributed by atoms with E-state index in [1.165, 1.54) is 19.2 Å². The van der Waals surface area contributed by atoms with Crippen molar-refractivity contribution in [1.82, 2.24) is 0 Å². The molecular weight excluding hydrogens is 383 g/mol. The van der Waals surface area contributed by atoms with Gasteiger partial charge in [-0.05, 0) is 36.6 Å². The molecule has 0 spiro atoms. The maximum absolute atomic E-state index is 13.1. The van der Waals surface area contributed by atoms with Gasteiger partial charge in [0.2, 0.25) is 0 Å². The topological polar surface area (TPSA) is 68.9 Å². The van der Waals surface area contributed by atoms with E-state index in [-0.39, 0.29) is 5.96 Å². The van der Waals surface area contributed by atoms with Crippen LogP contribution in [0.5, 0.6) is 11.5 Å². The molecular formula is C21H24F3N3O2. The van der Waals surface area contributed by atoms with E-state index < -0.39 is 17.2 Å². The molecule has 1 aliphatic carbocycles. The van der Waals surface area contributed by atoms with Crippen molar-refractivity contribution in [1.29, 1.82) is 0 Å². The van der Waals surface area contributed by atoms with Crippen LogP contribution in [0, 0.1) is 0 Å². The molecule has 0 bridgehead atoms. The molecule has 3 N–H and O–H groups in total. The Morgan fingerprint density at radius 1 is 1.10 bits per heavy atom. The Bertz CT molecular complexity index is 893. The summed E-state index contributed by atoms with van der Waals surface area (Å²) < 4.78 is 49.7. The maximum atomic E-state index is 13.1. The van der Waals surface area contributed by atoms with Gasteiger partial charge < -0.3 is 20.5 Å². The zero-order chi connectivity index (χ0) is 21.1. The van der Waals surface area contributed by atoms with Crippen LogP contribution in [0.4, 0.5) is 18.9 Å². The highest BCUT2D eigenvalue weighted by Gasteiger charge is 2.40. The fraction of sp³-hybridized carbons (Fsp3) is 0.381. The number of halogens is 3. The summed E-state index contributed by atoms with van der Waals surface area (Å²) in [4.78, 5) is 4.41. The molecule has 29 heavy (non-hydrogen) atoms. The third kappa shape index (κ3) is 4.58. The highest BCUT2D eigenvalue weighted by Crippen LogP contribution is 2.45. The average molecular weight is 407 g/mol. The summed E-state index contributed by atoms with van der Waals surface area (Å²) in [5.74, 6) is 1.33. The van der Waals surface area contributed by atoms with E-state index >= 15 is 0 Å². The molecule has 0 aliphatic heterocycles. The Labute approximate surface area is 167 Å². The van der Waals surface area contributed by atoms with Gasteiger partial charge in [-0.1, -0.05) is 24.6 Å². The summed E-state index contributed by atoms with van der Waals surface area (Å²) in [6.07, 6.45) is -1.85. The van der Waals surface area contributed by atoms with Crippen LogP contribution in [0.15, 0.2) is 47.5 Å². The first-order valence-corrected chi connectivity index (χ1v) is 9.24. The van der Waals surface area contributed by atoms with Crippen LogP contribution >= 0.6 is 0 Å². The van der Waals surface area contributed by atoms with E-state index in [1.54, 1.807) is 31.4 Å². The van der Waals surface area contributed by atoms with E-state index in [2.05, 4.69) is 10.3 Å². The van der Waals surface area contributed by atoms with Crippen molar-refractivity contribution in [2.45, 2.75) is 30.9 Å². The van der Waals surface area contributed by atoms with E-state index in [1.807, 2.05) is 0 Å². The molecule has 0 heterocycles. The predicted molar refractivity (Wildman–Crippen MR) is 107 cm³/mol. The van der Waals surface area contributed by atoms with Crippen molar-refractivity contribution in [2.75, 3.05) is 26.1 Å². The molecule has 0 saturated heterocycles. The molecule has 0 radical (unpaired) electrons. The van der Waals surface area contributed by atoms with E-state index in [9.17, 15) is 13.2 Å². The molecule has 0 unspecified atom stereocenters. The number of benzene rings is 2. The Balaban J connectivity index is 1.75. The Hall–Kier alpha value is -2.90. The van der Waals surface area contributed by atoms with Crippen LogP contribution in [-0.2, 0) is 11.6 Å². The number of hydrogen-bond acceptors (Lipinski definition) is 3. The first-order chi connectivity index (χ1) is 13.8. The van der Waals surface area contributed by atoms with Crippen molar-refractivity contribution >= 4 is 11.6 Å². The monoisotopic (exact) mass is 407 g/mol. The molecule has 1 saturated carbocycles. The summed E-state index contributed by atoms with van der Waals surface area (Å²) in [7, 11) is 3.08. The summed E-state index contributed by atoms with van der Waals surface area (Å²) in [6, 6.07) is 10.8. The number of alkyl halides is 3. The molecule has 1 aliphatic rings. The lowest BCUT2D eigenvalue weighted by Gasteiger charge is -2.41. The van der Waals surface area contributed by atoms with Gasteiger partial charge in [0.25, 0.3) is 0 Å². The SMILES string of the molecule is COc1ccc(NC(N)=NCC2(c3cccc(C(F)(F)F)c3)CCC2)cc1OC. The summed E-state index contributed by atoms with van der Waals surface area (Å²) >= 11 is 0. The van der Waals surface area contributed by atoms with E-state index in [4.69, 9.17) is 15.2 Å². The minimum atomic E-state index is -4.36. The van der Waals surface area contributed by atoms with E-state index in [0.29, 0.717) is 29.3 Å². The first-order valence-electron chi connectivity index (χ1n) is 9.24. The quantitative estimate of drug-likeness (QED) is 0.544. The zero-order valence-corrected chi connectivity index (χ0v) is 16.3. The smallest absolute Gasteiger partial charge is 0.416 e. The average Bonchev–Trinajstić information content (AvgIpc) is 2.66. The van der Waals surface area contributed by atoms with Crippen molar-refractivity contribution in [3.05, 3.63) is 53.6 Å². The number of guanidine groups is 1. The van der Waals surface area contributed by atoms with Crippen LogP contribution < -0.4 is 20.5 Å². The number of methoxy groups -OCH3 is 2. The third-order valence-electron chi connectivity index (χ3n) is 5.32. The van der Waals surface area contributed by atoms with Gasteiger partial charge in [-0.2, -0.15) is 13.2 Å². The second-order valence-corrected chi connectivity index (χ2v) is 7.11. The first kappa shape index (κ1) is 20.8. The van der Waals surface area contributed by atoms with Gasteiger partial charge in [0.1, 0.15) is 0 Å². The van der Waals surface area contributed by atoms with Crippen LogP contribution in [0.1, 0.15) is 30.4 Å². The second-order valence-electron chi connectivity index (χ2n) is 7.11. The van der Waals surface area contributed by atoms with Crippen LogP contribution in [0.3, 0.4) is 0 Å². The Morgan fingerprint density at radius 3 is 2.41 bits per heavy atom. The fourth-order valence-corrected chi connectivity index (χ4v) is 3.50. The molecule has 8 heteroatoms. The number of nitrogens with one attached hydrogen (secondary N) is 1. The van der Waals surface area contributed by atoms with Crippen molar-refractivity contribution in [3.8, 4) is 11.5 Å². The third-order valence-corrected chi connectivity index (χ3v) is 5.32. The van der Waals surface area contributed by atoms with Gasteiger partial charge in [-0.25, -0.2) is 0 Å². The minimum Gasteiger partial charge on any atom is -0.493 e. The Kier molecular flexibility index (Phi) is 5.91. The lowest BCUT2D eigenvalue weighted by molar-refractivity contribution is -0.137. The molecule has 0 amide bonds. The zero-order valence-electron chi connectivity index (χ0n) is 16.3. The molecule has 2 aromatic rings. The second kappa shape index (κ2) is 8.23. The van der Waals surface area contributed by atoms with Gasteiger partial charge in [0, 0.05) is 17.2 Å². The van der Waals surface area contributed by atoms with Gasteiger partial charge in [-0.3, -0.25) is 4.99 Å². The predicted octanol–water partition coefficient (Wildman–Crippen LogP) is 4.57. The van der Waals surface area contributed by atoms with Gasteiger partial charge in [0.15, 0.2) is 17.5 Å². The normalized spacial score (nSPS) is 16.1. The number of nitrogens with two attached hydrogens (primary N) is 1.